The highest BCUT2D eigenvalue weighted by molar-refractivity contribution is 5.81. The Hall–Kier alpha value is -5.88. The maximum atomic E-state index is 14.4. The van der Waals surface area contributed by atoms with Crippen LogP contribution < -0.4 is 15.2 Å². The number of imidazole rings is 1. The minimum Gasteiger partial charge on any atom is -0.461 e. The van der Waals surface area contributed by atoms with Crippen LogP contribution in [0.5, 0.6) is 11.5 Å². The van der Waals surface area contributed by atoms with Crippen LogP contribution in [0.15, 0.2) is 30.6 Å². The van der Waals surface area contributed by atoms with E-state index in [2.05, 4.69) is 20.9 Å². The van der Waals surface area contributed by atoms with Crippen molar-refractivity contribution in [1.82, 2.24) is 19.5 Å². The van der Waals surface area contributed by atoms with Crippen LogP contribution in [0.2, 0.25) is 0 Å². The van der Waals surface area contributed by atoms with Gasteiger partial charge in [-0.05, 0) is 62.1 Å². The summed E-state index contributed by atoms with van der Waals surface area (Å²) in [5.74, 6) is 0.698. The van der Waals surface area contributed by atoms with Crippen molar-refractivity contribution >= 4 is 40.9 Å². The normalized spacial score (nSPS) is 18.2. The first kappa shape index (κ1) is 42.3. The van der Waals surface area contributed by atoms with Gasteiger partial charge in [0.05, 0.1) is 19.2 Å². The number of anilines is 1. The summed E-state index contributed by atoms with van der Waals surface area (Å²) >= 11 is 0. The highest BCUT2D eigenvalue weighted by atomic mass is 19.1. The fraction of sp³-hybridized carbons (Fsp3) is 0.452. The third kappa shape index (κ3) is 9.07. The minimum atomic E-state index is -1.83. The van der Waals surface area contributed by atoms with Crippen LogP contribution >= 0.6 is 0 Å². The van der Waals surface area contributed by atoms with Crippen molar-refractivity contribution in [3.63, 3.8) is 0 Å². The highest BCUT2D eigenvalue weighted by Gasteiger charge is 2.53. The Morgan fingerprint density at radius 1 is 0.912 bits per heavy atom. The molecule has 0 unspecified atom stereocenters. The van der Waals surface area contributed by atoms with Crippen molar-refractivity contribution < 1.29 is 47.3 Å². The van der Waals surface area contributed by atoms with Gasteiger partial charge in [-0.25, -0.2) is 4.98 Å². The van der Waals surface area contributed by atoms with Crippen molar-refractivity contribution in [2.75, 3.05) is 12.3 Å². The molecule has 1 fully saturated rings. The molecule has 2 aromatic heterocycles. The topological polar surface area (TPSA) is 184 Å². The summed E-state index contributed by atoms with van der Waals surface area (Å²) in [7, 11) is 0. The maximum absolute atomic E-state index is 14.4. The Morgan fingerprint density at radius 3 is 1.95 bits per heavy atom. The van der Waals surface area contributed by atoms with Crippen LogP contribution in [0.25, 0.3) is 11.2 Å². The van der Waals surface area contributed by atoms with E-state index in [-0.39, 0.29) is 36.2 Å². The lowest BCUT2D eigenvalue weighted by Crippen LogP contribution is -2.46. The van der Waals surface area contributed by atoms with Crippen LogP contribution in [0.3, 0.4) is 0 Å². The largest absolute Gasteiger partial charge is 0.461 e. The van der Waals surface area contributed by atoms with Gasteiger partial charge in [0, 0.05) is 42.2 Å². The lowest BCUT2D eigenvalue weighted by Gasteiger charge is -2.32. The minimum absolute atomic E-state index is 0.00711. The number of hydrogen-bond acceptors (Lipinski definition) is 13. The van der Waals surface area contributed by atoms with Crippen LogP contribution in [0.4, 0.5) is 10.2 Å². The van der Waals surface area contributed by atoms with E-state index in [1.807, 2.05) is 67.5 Å². The Labute approximate surface area is 330 Å². The number of aryl methyl sites for hydroxylation is 4. The molecule has 0 spiro atoms. The molecule has 302 valence electrons. The number of nitrogen functional groups attached to an aromatic ring is 1. The molecule has 1 saturated heterocycles. The van der Waals surface area contributed by atoms with Gasteiger partial charge in [0.15, 0.2) is 17.0 Å². The Kier molecular flexibility index (Phi) is 11.8. The standard InChI is InChI=1S/C42H48FN5O9/c1-12-42(20-53-32(51)18-40(8,9)34-24(4)13-22(2)15-28(34)54-26(6)49)30(17-31(57-42)48-21-45-36-37(44)46-39(43)47-38(36)48)56-33(52)19-41(10,11)35-25(5)14-23(3)16-29(35)55-27(7)50/h1,13-16,21,30-31H,17-20H2,2-11H3,(H2,44,46,47)/t30-,31+,42+/m0/s1. The molecule has 5 rings (SSSR count). The summed E-state index contributed by atoms with van der Waals surface area (Å²) in [6.45, 7) is 16.8. The van der Waals surface area contributed by atoms with Crippen molar-refractivity contribution in [2.24, 2.45) is 0 Å². The second-order valence-electron chi connectivity index (χ2n) is 15.9. The van der Waals surface area contributed by atoms with Crippen molar-refractivity contribution in [2.45, 2.75) is 117 Å². The number of rotatable bonds is 12. The molecule has 2 aromatic carbocycles. The van der Waals surface area contributed by atoms with E-state index in [9.17, 15) is 23.6 Å². The monoisotopic (exact) mass is 785 g/mol. The number of carbonyl (C=O) groups excluding carboxylic acids is 4. The summed E-state index contributed by atoms with van der Waals surface area (Å²) in [4.78, 5) is 63.2. The molecule has 15 heteroatoms. The van der Waals surface area contributed by atoms with E-state index in [4.69, 9.17) is 35.8 Å². The number of nitrogens with two attached hydrogens (primary N) is 1. The molecule has 1 aliphatic rings. The second-order valence-corrected chi connectivity index (χ2v) is 15.9. The molecule has 0 radical (unpaired) electrons. The fourth-order valence-corrected chi connectivity index (χ4v) is 7.87. The molecule has 3 atom stereocenters. The molecule has 3 heterocycles. The third-order valence-corrected chi connectivity index (χ3v) is 9.90. The highest BCUT2D eigenvalue weighted by Crippen LogP contribution is 2.43. The first-order chi connectivity index (χ1) is 26.6. The first-order valence-electron chi connectivity index (χ1n) is 18.3. The number of benzene rings is 2. The van der Waals surface area contributed by atoms with Crippen LogP contribution in [-0.2, 0) is 44.2 Å². The van der Waals surface area contributed by atoms with Crippen LogP contribution in [0.1, 0.15) is 100 Å². The number of esters is 4. The summed E-state index contributed by atoms with van der Waals surface area (Å²) in [6, 6.07) is 7.32. The summed E-state index contributed by atoms with van der Waals surface area (Å²) < 4.78 is 45.2. The van der Waals surface area contributed by atoms with Crippen LogP contribution in [-0.4, -0.2) is 61.7 Å². The van der Waals surface area contributed by atoms with Gasteiger partial charge in [-0.3, -0.25) is 23.7 Å². The smallest absolute Gasteiger partial charge is 0.312 e. The van der Waals surface area contributed by atoms with Gasteiger partial charge >= 0.3 is 30.0 Å². The molecule has 1 aliphatic heterocycles. The number of nitrogens with zero attached hydrogens (tertiary/aromatic N) is 4. The van der Waals surface area contributed by atoms with E-state index in [1.54, 1.807) is 12.1 Å². The van der Waals surface area contributed by atoms with Gasteiger partial charge in [-0.15, -0.1) is 6.42 Å². The second kappa shape index (κ2) is 15.9. The molecule has 0 amide bonds. The number of fused-ring (bicyclic) bond motifs is 1. The van der Waals surface area contributed by atoms with Crippen molar-refractivity contribution in [3.05, 3.63) is 70.1 Å². The fourth-order valence-electron chi connectivity index (χ4n) is 7.87. The van der Waals surface area contributed by atoms with Gasteiger partial charge in [0.2, 0.25) is 5.60 Å². The third-order valence-electron chi connectivity index (χ3n) is 9.90. The van der Waals surface area contributed by atoms with Gasteiger partial charge in [0.25, 0.3) is 0 Å². The molecule has 0 aliphatic carbocycles. The summed E-state index contributed by atoms with van der Waals surface area (Å²) in [6.07, 6.45) is 3.75. The maximum Gasteiger partial charge on any atom is 0.312 e. The zero-order chi connectivity index (χ0) is 42.2. The van der Waals surface area contributed by atoms with Crippen molar-refractivity contribution in [1.29, 1.82) is 0 Å². The quantitative estimate of drug-likeness (QED) is 0.0752. The number of ether oxygens (including phenoxy) is 5. The predicted octanol–water partition coefficient (Wildman–Crippen LogP) is 6.11. The molecule has 0 saturated carbocycles. The zero-order valence-corrected chi connectivity index (χ0v) is 33.9. The Morgan fingerprint density at radius 2 is 1.44 bits per heavy atom. The summed E-state index contributed by atoms with van der Waals surface area (Å²) in [5.41, 5.74) is 7.08. The molecule has 14 nitrogen and oxygen atoms in total. The average Bonchev–Trinajstić information content (AvgIpc) is 3.63. The van der Waals surface area contributed by atoms with Gasteiger partial charge < -0.3 is 29.4 Å². The van der Waals surface area contributed by atoms with E-state index in [1.165, 1.54) is 24.7 Å². The molecular formula is C42H48FN5O9. The predicted molar refractivity (Wildman–Crippen MR) is 207 cm³/mol. The van der Waals surface area contributed by atoms with Gasteiger partial charge in [-0.1, -0.05) is 45.7 Å². The molecular weight excluding hydrogens is 737 g/mol. The molecule has 4 aromatic rings. The Balaban J connectivity index is 1.45. The lowest BCUT2D eigenvalue weighted by atomic mass is 9.78. The first-order valence-corrected chi connectivity index (χ1v) is 18.3. The molecule has 57 heavy (non-hydrogen) atoms. The zero-order valence-electron chi connectivity index (χ0n) is 33.9. The summed E-state index contributed by atoms with van der Waals surface area (Å²) in [5, 5.41) is 0. The SMILES string of the molecule is C#C[C@]1(COC(=O)CC(C)(C)c2c(C)cc(C)cc2OC(C)=O)O[C@@H](n2cnc3c(N)nc(F)nc32)C[C@@H]1OC(=O)CC(C)(C)c1c(C)cc(C)cc1OC(C)=O. The van der Waals surface area contributed by atoms with Crippen molar-refractivity contribution in [3.8, 4) is 23.8 Å². The number of halogens is 1. The van der Waals surface area contributed by atoms with E-state index >= 15 is 0 Å². The van der Waals surface area contributed by atoms with Crippen LogP contribution in [0, 0.1) is 46.1 Å². The number of terminal acetylenes is 1. The van der Waals surface area contributed by atoms with E-state index in [0.29, 0.717) is 22.6 Å². The Bertz CT molecular complexity index is 2310. The number of hydrogen-bond donors (Lipinski definition) is 1. The number of aromatic nitrogens is 4. The average molecular weight is 786 g/mol. The lowest BCUT2D eigenvalue weighted by molar-refractivity contribution is -0.168. The van der Waals surface area contributed by atoms with E-state index < -0.39 is 65.3 Å². The van der Waals surface area contributed by atoms with E-state index in [0.717, 1.165) is 22.3 Å². The number of carbonyl (C=O) groups is 4. The molecule has 0 bridgehead atoms. The molecule has 2 N–H and O–H groups in total. The van der Waals surface area contributed by atoms with Gasteiger partial charge in [0.1, 0.15) is 30.4 Å². The van der Waals surface area contributed by atoms with Gasteiger partial charge in [-0.2, -0.15) is 14.4 Å².